The van der Waals surface area contributed by atoms with Gasteiger partial charge in [0.25, 0.3) is 0 Å². The molecule has 0 amide bonds. The SMILES string of the molecule is CCCOc1ccc(C2CCC(CCc3cnc(F)c(F)c3)CC2)cc1. The summed E-state index contributed by atoms with van der Waals surface area (Å²) in [5.41, 5.74) is 2.19. The normalized spacial score (nSPS) is 20.1. The number of hydrogen-bond acceptors (Lipinski definition) is 2. The van der Waals surface area contributed by atoms with Crippen LogP contribution in [0.2, 0.25) is 0 Å². The maximum Gasteiger partial charge on any atom is 0.248 e. The Morgan fingerprint density at radius 2 is 1.81 bits per heavy atom. The van der Waals surface area contributed by atoms with Gasteiger partial charge >= 0.3 is 0 Å². The number of ether oxygens (including phenoxy) is 1. The fourth-order valence-corrected chi connectivity index (χ4v) is 3.81. The van der Waals surface area contributed by atoms with E-state index in [-0.39, 0.29) is 0 Å². The van der Waals surface area contributed by atoms with Crippen molar-refractivity contribution in [3.05, 3.63) is 59.4 Å². The van der Waals surface area contributed by atoms with Crippen LogP contribution in [0.25, 0.3) is 0 Å². The van der Waals surface area contributed by atoms with Gasteiger partial charge in [0.05, 0.1) is 6.61 Å². The Morgan fingerprint density at radius 3 is 2.46 bits per heavy atom. The van der Waals surface area contributed by atoms with Crippen molar-refractivity contribution in [2.24, 2.45) is 5.92 Å². The predicted octanol–water partition coefficient (Wildman–Crippen LogP) is 6.06. The molecule has 1 aromatic heterocycles. The van der Waals surface area contributed by atoms with E-state index >= 15 is 0 Å². The highest BCUT2D eigenvalue weighted by atomic mass is 19.2. The Hall–Kier alpha value is -1.97. The van der Waals surface area contributed by atoms with E-state index in [1.165, 1.54) is 43.5 Å². The molecule has 26 heavy (non-hydrogen) atoms. The Balaban J connectivity index is 1.45. The molecule has 2 aromatic rings. The molecule has 3 rings (SSSR count). The van der Waals surface area contributed by atoms with Crippen LogP contribution < -0.4 is 4.74 Å². The fourth-order valence-electron chi connectivity index (χ4n) is 3.81. The summed E-state index contributed by atoms with van der Waals surface area (Å²) in [4.78, 5) is 3.47. The first kappa shape index (κ1) is 18.8. The number of nitrogens with zero attached hydrogens (tertiary/aromatic N) is 1. The van der Waals surface area contributed by atoms with Crippen LogP contribution in [0.1, 0.15) is 62.5 Å². The monoisotopic (exact) mass is 359 g/mol. The molecule has 140 valence electrons. The first-order chi connectivity index (χ1) is 12.7. The standard InChI is InChI=1S/C22H27F2NO/c1-2-13-26-20-11-9-19(10-12-20)18-7-5-16(6-8-18)3-4-17-14-21(23)22(24)25-15-17/h9-12,14-16,18H,2-8,13H2,1H3. The average molecular weight is 359 g/mol. The molecule has 1 aliphatic carbocycles. The molecule has 0 spiro atoms. The van der Waals surface area contributed by atoms with Crippen molar-refractivity contribution in [1.29, 1.82) is 0 Å². The highest BCUT2D eigenvalue weighted by Gasteiger charge is 2.22. The molecule has 0 unspecified atom stereocenters. The van der Waals surface area contributed by atoms with E-state index in [9.17, 15) is 8.78 Å². The van der Waals surface area contributed by atoms with Crippen molar-refractivity contribution in [2.45, 2.75) is 57.8 Å². The number of pyridine rings is 1. The van der Waals surface area contributed by atoms with Crippen molar-refractivity contribution in [2.75, 3.05) is 6.61 Å². The van der Waals surface area contributed by atoms with Gasteiger partial charge in [-0.25, -0.2) is 9.37 Å². The number of aryl methyl sites for hydroxylation is 1. The first-order valence-electron chi connectivity index (χ1n) is 9.68. The topological polar surface area (TPSA) is 22.1 Å². The highest BCUT2D eigenvalue weighted by Crippen LogP contribution is 2.37. The molecule has 0 saturated heterocycles. The van der Waals surface area contributed by atoms with Crippen molar-refractivity contribution >= 4 is 0 Å². The molecule has 0 bridgehead atoms. The minimum Gasteiger partial charge on any atom is -0.494 e. The van der Waals surface area contributed by atoms with Crippen molar-refractivity contribution < 1.29 is 13.5 Å². The van der Waals surface area contributed by atoms with Gasteiger partial charge in [0, 0.05) is 6.20 Å². The van der Waals surface area contributed by atoms with Crippen LogP contribution in [0.4, 0.5) is 8.78 Å². The summed E-state index contributed by atoms with van der Waals surface area (Å²) in [6.07, 6.45) is 9.02. The molecule has 0 atom stereocenters. The lowest BCUT2D eigenvalue weighted by Gasteiger charge is -2.29. The lowest BCUT2D eigenvalue weighted by molar-refractivity contribution is 0.308. The second-order valence-corrected chi connectivity index (χ2v) is 7.29. The number of hydrogen-bond donors (Lipinski definition) is 0. The zero-order valence-corrected chi connectivity index (χ0v) is 15.4. The van der Waals surface area contributed by atoms with E-state index in [0.717, 1.165) is 37.2 Å². The molecule has 0 radical (unpaired) electrons. The van der Waals surface area contributed by atoms with Crippen LogP contribution in [-0.4, -0.2) is 11.6 Å². The molecular formula is C22H27F2NO. The summed E-state index contributed by atoms with van der Waals surface area (Å²) in [6.45, 7) is 2.87. The molecule has 1 fully saturated rings. The molecule has 0 aliphatic heterocycles. The highest BCUT2D eigenvalue weighted by molar-refractivity contribution is 5.29. The van der Waals surface area contributed by atoms with Crippen molar-refractivity contribution in [3.63, 3.8) is 0 Å². The van der Waals surface area contributed by atoms with E-state index in [1.807, 2.05) is 0 Å². The van der Waals surface area contributed by atoms with Crippen LogP contribution in [0, 0.1) is 17.7 Å². The lowest BCUT2D eigenvalue weighted by Crippen LogP contribution is -2.14. The molecular weight excluding hydrogens is 332 g/mol. The van der Waals surface area contributed by atoms with Crippen molar-refractivity contribution in [3.8, 4) is 5.75 Å². The fraction of sp³-hybridized carbons (Fsp3) is 0.500. The van der Waals surface area contributed by atoms with Gasteiger partial charge in [0.2, 0.25) is 5.95 Å². The minimum atomic E-state index is -1.01. The van der Waals surface area contributed by atoms with E-state index in [4.69, 9.17) is 4.74 Å². The van der Waals surface area contributed by atoms with Crippen LogP contribution in [0.15, 0.2) is 36.5 Å². The molecule has 1 aromatic carbocycles. The molecule has 0 N–H and O–H groups in total. The number of benzene rings is 1. The second-order valence-electron chi connectivity index (χ2n) is 7.29. The Kier molecular flexibility index (Phi) is 6.59. The van der Waals surface area contributed by atoms with Crippen LogP contribution in [-0.2, 0) is 6.42 Å². The summed E-state index contributed by atoms with van der Waals surface area (Å²) in [5, 5.41) is 0. The third kappa shape index (κ3) is 5.03. The summed E-state index contributed by atoms with van der Waals surface area (Å²) < 4.78 is 31.8. The van der Waals surface area contributed by atoms with Crippen LogP contribution in [0.3, 0.4) is 0 Å². The van der Waals surface area contributed by atoms with Crippen molar-refractivity contribution in [1.82, 2.24) is 4.98 Å². The van der Waals surface area contributed by atoms with Gasteiger partial charge in [0.1, 0.15) is 5.75 Å². The van der Waals surface area contributed by atoms with Gasteiger partial charge in [-0.15, -0.1) is 0 Å². The molecule has 4 heteroatoms. The minimum absolute atomic E-state index is 0.622. The maximum atomic E-state index is 13.2. The van der Waals surface area contributed by atoms with Gasteiger partial charge in [-0.2, -0.15) is 4.39 Å². The summed E-state index contributed by atoms with van der Waals surface area (Å²) >= 11 is 0. The van der Waals surface area contributed by atoms with E-state index in [0.29, 0.717) is 11.8 Å². The molecule has 1 aliphatic rings. The Labute approximate surface area is 154 Å². The summed E-state index contributed by atoms with van der Waals surface area (Å²) in [5.74, 6) is 0.366. The van der Waals surface area contributed by atoms with E-state index in [2.05, 4.69) is 36.2 Å². The van der Waals surface area contributed by atoms with E-state index < -0.39 is 11.8 Å². The number of rotatable bonds is 7. The lowest BCUT2D eigenvalue weighted by atomic mass is 9.77. The molecule has 2 nitrogen and oxygen atoms in total. The smallest absolute Gasteiger partial charge is 0.248 e. The average Bonchev–Trinajstić information content (AvgIpc) is 2.68. The van der Waals surface area contributed by atoms with Gasteiger partial charge < -0.3 is 4.74 Å². The Morgan fingerprint density at radius 1 is 1.08 bits per heavy atom. The van der Waals surface area contributed by atoms with Gasteiger partial charge in [-0.05, 0) is 86.1 Å². The van der Waals surface area contributed by atoms with Gasteiger partial charge in [-0.3, -0.25) is 0 Å². The van der Waals surface area contributed by atoms with Gasteiger partial charge in [-0.1, -0.05) is 19.1 Å². The number of aromatic nitrogens is 1. The third-order valence-electron chi connectivity index (χ3n) is 5.37. The quantitative estimate of drug-likeness (QED) is 0.561. The maximum absolute atomic E-state index is 13.2. The zero-order chi connectivity index (χ0) is 18.4. The molecule has 1 saturated carbocycles. The summed E-state index contributed by atoms with van der Waals surface area (Å²) in [6, 6.07) is 9.82. The zero-order valence-electron chi connectivity index (χ0n) is 15.4. The van der Waals surface area contributed by atoms with E-state index in [1.54, 1.807) is 0 Å². The van der Waals surface area contributed by atoms with Crippen LogP contribution >= 0.6 is 0 Å². The first-order valence-corrected chi connectivity index (χ1v) is 9.68. The third-order valence-corrected chi connectivity index (χ3v) is 5.37. The largest absolute Gasteiger partial charge is 0.494 e. The Bertz CT molecular complexity index is 694. The second kappa shape index (κ2) is 9.11. The van der Waals surface area contributed by atoms with Gasteiger partial charge in [0.15, 0.2) is 5.82 Å². The number of halogens is 2. The molecule has 1 heterocycles. The van der Waals surface area contributed by atoms with Crippen LogP contribution in [0.5, 0.6) is 5.75 Å². The summed E-state index contributed by atoms with van der Waals surface area (Å²) in [7, 11) is 0. The predicted molar refractivity (Wildman–Crippen MR) is 99.4 cm³/mol.